The fraction of sp³-hybridized carbons (Fsp3) is 0.375. The molecule has 4 aliphatic rings. The second-order valence-corrected chi connectivity index (χ2v) is 12.4. The van der Waals surface area contributed by atoms with E-state index in [1.165, 1.54) is 75.9 Å². The van der Waals surface area contributed by atoms with Gasteiger partial charge in [-0.05, 0) is 104 Å². The highest BCUT2D eigenvalue weighted by Crippen LogP contribution is 2.43. The van der Waals surface area contributed by atoms with Gasteiger partial charge in [-0.1, -0.05) is 111 Å². The van der Waals surface area contributed by atoms with Gasteiger partial charge in [-0.15, -0.1) is 0 Å². The lowest BCUT2D eigenvalue weighted by Gasteiger charge is -2.33. The van der Waals surface area contributed by atoms with Gasteiger partial charge in [0.05, 0.1) is 0 Å². The minimum absolute atomic E-state index is 0. The molecule has 1 saturated carbocycles. The molecule has 2 unspecified atom stereocenters. The van der Waals surface area contributed by atoms with Gasteiger partial charge in [0, 0.05) is 30.9 Å². The first kappa shape index (κ1) is 31.3. The van der Waals surface area contributed by atoms with Gasteiger partial charge in [0.1, 0.15) is 0 Å². The molecular weight excluding hydrogens is 508 g/mol. The highest BCUT2D eigenvalue weighted by Gasteiger charge is 2.30. The number of fused-ring (bicyclic) bond motifs is 1. The first-order chi connectivity index (χ1) is 19.9. The molecule has 3 aliphatic carbocycles. The van der Waals surface area contributed by atoms with Gasteiger partial charge in [-0.25, -0.2) is 0 Å². The third-order valence-electron chi connectivity index (χ3n) is 8.97. The predicted molar refractivity (Wildman–Crippen MR) is 184 cm³/mol. The van der Waals surface area contributed by atoms with Crippen LogP contribution in [-0.2, 0) is 0 Å². The van der Waals surface area contributed by atoms with Crippen LogP contribution in [0.25, 0.3) is 5.57 Å². The summed E-state index contributed by atoms with van der Waals surface area (Å²) in [5, 5.41) is 3.79. The van der Waals surface area contributed by atoms with Crippen molar-refractivity contribution in [1.82, 2.24) is 5.32 Å². The maximum absolute atomic E-state index is 4.52. The van der Waals surface area contributed by atoms with Crippen LogP contribution >= 0.6 is 0 Å². The summed E-state index contributed by atoms with van der Waals surface area (Å²) in [6.45, 7) is 15.0. The molecule has 2 heteroatoms. The first-order valence-corrected chi connectivity index (χ1v) is 15.4. The summed E-state index contributed by atoms with van der Waals surface area (Å²) in [7, 11) is 0. The molecule has 2 aromatic rings. The molecule has 0 spiro atoms. The van der Waals surface area contributed by atoms with Gasteiger partial charge < -0.3 is 5.32 Å². The fourth-order valence-corrected chi connectivity index (χ4v) is 6.54. The van der Waals surface area contributed by atoms with Crippen LogP contribution < -0.4 is 5.32 Å². The quantitative estimate of drug-likeness (QED) is 0.375. The largest absolute Gasteiger partial charge is 0.383 e. The van der Waals surface area contributed by atoms with E-state index in [2.05, 4.69) is 111 Å². The van der Waals surface area contributed by atoms with E-state index in [4.69, 9.17) is 0 Å². The molecule has 1 aliphatic heterocycles. The lowest BCUT2D eigenvalue weighted by atomic mass is 9.73. The molecule has 42 heavy (non-hydrogen) atoms. The Morgan fingerprint density at radius 2 is 1.67 bits per heavy atom. The van der Waals surface area contributed by atoms with Crippen molar-refractivity contribution in [1.29, 1.82) is 0 Å². The predicted octanol–water partition coefficient (Wildman–Crippen LogP) is 10.0. The molecule has 1 N–H and O–H groups in total. The van der Waals surface area contributed by atoms with Crippen LogP contribution in [0.5, 0.6) is 0 Å². The summed E-state index contributed by atoms with van der Waals surface area (Å²) >= 11 is 0. The average molecular weight is 559 g/mol. The van der Waals surface area contributed by atoms with E-state index < -0.39 is 0 Å². The van der Waals surface area contributed by atoms with E-state index in [0.29, 0.717) is 23.7 Å². The van der Waals surface area contributed by atoms with Gasteiger partial charge in [0.25, 0.3) is 0 Å². The number of nitrogens with zero attached hydrogens (tertiary/aromatic N) is 1. The molecule has 0 radical (unpaired) electrons. The van der Waals surface area contributed by atoms with Crippen LogP contribution in [0.15, 0.2) is 125 Å². The van der Waals surface area contributed by atoms with Crippen LogP contribution in [-0.4, -0.2) is 19.3 Å². The minimum atomic E-state index is 0. The monoisotopic (exact) mass is 558 g/mol. The Hall–Kier alpha value is -3.65. The summed E-state index contributed by atoms with van der Waals surface area (Å²) in [5.74, 6) is 2.15. The number of hydrogen-bond donors (Lipinski definition) is 1. The highest BCUT2D eigenvalue weighted by molar-refractivity contribution is 5.80. The average Bonchev–Trinajstić information content (AvgIpc) is 3.37. The topological polar surface area (TPSA) is 24.4 Å². The van der Waals surface area contributed by atoms with Crippen LogP contribution in [0.4, 0.5) is 0 Å². The molecule has 0 bridgehead atoms. The maximum atomic E-state index is 4.52. The van der Waals surface area contributed by atoms with Crippen LogP contribution in [0.1, 0.15) is 63.6 Å². The normalized spacial score (nSPS) is 24.3. The van der Waals surface area contributed by atoms with Crippen LogP contribution in [0.2, 0.25) is 0 Å². The number of dihydropyridines is 1. The molecule has 220 valence electrons. The van der Waals surface area contributed by atoms with Crippen molar-refractivity contribution in [2.45, 2.75) is 60.8 Å². The second-order valence-electron chi connectivity index (χ2n) is 12.4. The summed E-state index contributed by atoms with van der Waals surface area (Å²) in [4.78, 5) is 4.52. The van der Waals surface area contributed by atoms with Crippen molar-refractivity contribution in [2.24, 2.45) is 28.7 Å². The fourth-order valence-electron chi connectivity index (χ4n) is 6.54. The first-order valence-electron chi connectivity index (χ1n) is 15.4. The molecule has 1 heterocycles. The van der Waals surface area contributed by atoms with Gasteiger partial charge in [-0.2, -0.15) is 0 Å². The molecule has 0 saturated heterocycles. The third kappa shape index (κ3) is 7.79. The molecule has 2 atom stereocenters. The Morgan fingerprint density at radius 3 is 2.33 bits per heavy atom. The van der Waals surface area contributed by atoms with E-state index in [-0.39, 0.29) is 7.43 Å². The number of hydrogen-bond acceptors (Lipinski definition) is 2. The van der Waals surface area contributed by atoms with Gasteiger partial charge in [-0.3, -0.25) is 4.99 Å². The lowest BCUT2D eigenvalue weighted by molar-refractivity contribution is 0.355. The van der Waals surface area contributed by atoms with E-state index in [1.54, 1.807) is 0 Å². The summed E-state index contributed by atoms with van der Waals surface area (Å²) in [5.41, 5.74) is 12.3. The van der Waals surface area contributed by atoms with Crippen molar-refractivity contribution in [2.75, 3.05) is 13.1 Å². The highest BCUT2D eigenvalue weighted by atomic mass is 14.9. The lowest BCUT2D eigenvalue weighted by Crippen LogP contribution is -2.27. The Kier molecular flexibility index (Phi) is 10.8. The van der Waals surface area contributed by atoms with Crippen molar-refractivity contribution in [3.63, 3.8) is 0 Å². The summed E-state index contributed by atoms with van der Waals surface area (Å²) in [6.07, 6.45) is 18.9. The molecule has 6 rings (SSSR count). The number of aryl methyl sites for hydroxylation is 2. The van der Waals surface area contributed by atoms with E-state index in [1.807, 2.05) is 24.4 Å². The summed E-state index contributed by atoms with van der Waals surface area (Å²) < 4.78 is 0. The Bertz CT molecular complexity index is 1420. The molecule has 1 fully saturated rings. The van der Waals surface area contributed by atoms with Crippen molar-refractivity contribution in [3.05, 3.63) is 136 Å². The Balaban J connectivity index is 0.000000445. The SMILES string of the molecule is C.C=C(c1cccc(C)c1)C1CCC(C2=CC3=C(C)C=CC3C(NCC3=CC(C)CN=C3)=C2)CC1.Cc1ccccc1. The Morgan fingerprint density at radius 1 is 0.929 bits per heavy atom. The van der Waals surface area contributed by atoms with Crippen molar-refractivity contribution >= 4 is 11.8 Å². The molecule has 2 nitrogen and oxygen atoms in total. The number of allylic oxidation sites excluding steroid dienone is 7. The number of rotatable bonds is 6. The van der Waals surface area contributed by atoms with Crippen LogP contribution in [0, 0.1) is 37.5 Å². The standard InChI is InChI=1S/C32H38N2.C7H8.CH4/c1-21-6-5-7-28(15-21)24(4)26-9-11-27(12-10-26)29-16-31-23(3)8-13-30(31)32(17-29)34-20-25-14-22(2)18-33-19-25;1-7-5-3-2-4-6-7;/h5-8,13-17,19,22,26-27,30,34H,4,9-12,18,20H2,1-3H3;2-6H,1H3;1H4. The van der Waals surface area contributed by atoms with Gasteiger partial charge in [0.2, 0.25) is 0 Å². The molecule has 2 aromatic carbocycles. The zero-order valence-corrected chi connectivity index (χ0v) is 25.4. The van der Waals surface area contributed by atoms with E-state index in [0.717, 1.165) is 13.1 Å². The Labute approximate surface area is 255 Å². The van der Waals surface area contributed by atoms with Gasteiger partial charge >= 0.3 is 0 Å². The second kappa shape index (κ2) is 14.5. The molecule has 0 amide bonds. The minimum Gasteiger partial charge on any atom is -0.383 e. The number of nitrogens with one attached hydrogen (secondary N) is 1. The van der Waals surface area contributed by atoms with Crippen LogP contribution in [0.3, 0.4) is 0 Å². The third-order valence-corrected chi connectivity index (χ3v) is 8.97. The van der Waals surface area contributed by atoms with Crippen molar-refractivity contribution < 1.29 is 0 Å². The number of benzene rings is 2. The zero-order valence-electron chi connectivity index (χ0n) is 25.4. The number of aliphatic imine (C=N–C) groups is 1. The van der Waals surface area contributed by atoms with Gasteiger partial charge in [0.15, 0.2) is 0 Å². The maximum Gasteiger partial charge on any atom is 0.0449 e. The van der Waals surface area contributed by atoms with Crippen molar-refractivity contribution in [3.8, 4) is 0 Å². The summed E-state index contributed by atoms with van der Waals surface area (Å²) in [6, 6.07) is 19.1. The smallest absolute Gasteiger partial charge is 0.0449 e. The zero-order chi connectivity index (χ0) is 28.8. The van der Waals surface area contributed by atoms with E-state index in [9.17, 15) is 0 Å². The molecule has 0 aromatic heterocycles. The van der Waals surface area contributed by atoms with E-state index >= 15 is 0 Å². The molecular formula is C40H50N2.